The maximum absolute atomic E-state index is 14.1. The van der Waals surface area contributed by atoms with Gasteiger partial charge in [0.25, 0.3) is 0 Å². The van der Waals surface area contributed by atoms with E-state index in [9.17, 15) is 13.2 Å². The molecule has 0 N–H and O–H groups in total. The molecule has 0 spiro atoms. The lowest BCUT2D eigenvalue weighted by atomic mass is 9.73. The maximum atomic E-state index is 14.1. The van der Waals surface area contributed by atoms with Gasteiger partial charge in [-0.3, -0.25) is 0 Å². The van der Waals surface area contributed by atoms with Crippen molar-refractivity contribution in [1.82, 2.24) is 0 Å². The van der Waals surface area contributed by atoms with E-state index in [1.54, 1.807) is 24.2 Å². The maximum Gasteiger partial charge on any atom is 0.387 e. The summed E-state index contributed by atoms with van der Waals surface area (Å²) in [5, 5.41) is -0.183. The van der Waals surface area contributed by atoms with E-state index in [0.717, 1.165) is 30.6 Å². The van der Waals surface area contributed by atoms with E-state index < -0.39 is 12.4 Å². The van der Waals surface area contributed by atoms with Crippen LogP contribution < -0.4 is 4.74 Å². The smallest absolute Gasteiger partial charge is 0.387 e. The summed E-state index contributed by atoms with van der Waals surface area (Å²) in [4.78, 5) is 0. The number of ether oxygens (including phenoxy) is 1. The van der Waals surface area contributed by atoms with E-state index in [2.05, 4.69) is 11.7 Å². The standard InChI is InChI=1S/C25H38ClF3OSi/c1-2-15-31-16-13-20(14-17-31)19-9-7-18(8-10-19)5-3-4-6-21-11-12-22(26)23(27)24(21)30-25(28)29/h11-12,18-20,25,31H,2-10,13-17H2,1H3/t18-,19-,20-,31-. The van der Waals surface area contributed by atoms with E-state index in [1.165, 1.54) is 57.4 Å². The summed E-state index contributed by atoms with van der Waals surface area (Å²) in [5.41, 5.74) is 0.480. The highest BCUT2D eigenvalue weighted by Gasteiger charge is 2.30. The fraction of sp³-hybridized carbons (Fsp3) is 0.760. The summed E-state index contributed by atoms with van der Waals surface area (Å²) in [6.45, 7) is -0.713. The fourth-order valence-electron chi connectivity index (χ4n) is 6.04. The first-order valence-electron chi connectivity index (χ1n) is 12.4. The number of benzene rings is 1. The molecule has 0 radical (unpaired) electrons. The molecule has 0 atom stereocenters. The van der Waals surface area contributed by atoms with Crippen LogP contribution in [0.1, 0.15) is 76.7 Å². The van der Waals surface area contributed by atoms with Crippen molar-refractivity contribution >= 4 is 20.4 Å². The second-order valence-electron chi connectivity index (χ2n) is 9.82. The molecule has 1 aliphatic carbocycles. The monoisotopic (exact) mass is 474 g/mol. The van der Waals surface area contributed by atoms with Crippen LogP contribution in [0, 0.1) is 23.6 Å². The third-order valence-electron chi connectivity index (χ3n) is 7.79. The highest BCUT2D eigenvalue weighted by Crippen LogP contribution is 2.42. The molecular weight excluding hydrogens is 437 g/mol. The number of hydrogen-bond donors (Lipinski definition) is 0. The van der Waals surface area contributed by atoms with E-state index in [4.69, 9.17) is 11.6 Å². The van der Waals surface area contributed by atoms with Gasteiger partial charge in [0.1, 0.15) is 0 Å². The fourth-order valence-corrected chi connectivity index (χ4v) is 9.67. The van der Waals surface area contributed by atoms with Crippen LogP contribution in [0.3, 0.4) is 0 Å². The summed E-state index contributed by atoms with van der Waals surface area (Å²) >= 11 is 5.72. The van der Waals surface area contributed by atoms with Gasteiger partial charge in [0.05, 0.1) is 5.02 Å². The molecule has 3 rings (SSSR count). The second kappa shape index (κ2) is 12.5. The SMILES string of the molecule is CCC[Si@H]1CC[C@H]([C@H]2CC[C@H](CCCCc3ccc(Cl)c(F)c3OC(F)F)CC2)CC1. The molecule has 1 nitrogen and oxygen atoms in total. The van der Waals surface area contributed by atoms with Gasteiger partial charge in [0.15, 0.2) is 11.6 Å². The lowest BCUT2D eigenvalue weighted by Gasteiger charge is -2.37. The predicted molar refractivity (Wildman–Crippen MR) is 126 cm³/mol. The Morgan fingerprint density at radius 2 is 1.71 bits per heavy atom. The Balaban J connectivity index is 1.36. The first-order valence-corrected chi connectivity index (χ1v) is 15.2. The molecule has 0 aromatic heterocycles. The van der Waals surface area contributed by atoms with Crippen molar-refractivity contribution < 1.29 is 17.9 Å². The van der Waals surface area contributed by atoms with Gasteiger partial charge in [-0.05, 0) is 55.1 Å². The van der Waals surface area contributed by atoms with Gasteiger partial charge in [-0.15, -0.1) is 0 Å². The summed E-state index contributed by atoms with van der Waals surface area (Å²) < 4.78 is 43.8. The molecule has 2 fully saturated rings. The van der Waals surface area contributed by atoms with E-state index in [-0.39, 0.29) is 19.6 Å². The van der Waals surface area contributed by atoms with Crippen LogP contribution in [-0.2, 0) is 6.42 Å². The average Bonchev–Trinajstić information content (AvgIpc) is 2.77. The molecule has 0 bridgehead atoms. The van der Waals surface area contributed by atoms with Gasteiger partial charge in [-0.25, -0.2) is 4.39 Å². The van der Waals surface area contributed by atoms with E-state index in [1.807, 2.05) is 0 Å². The zero-order chi connectivity index (χ0) is 22.2. The van der Waals surface area contributed by atoms with Gasteiger partial charge in [-0.1, -0.05) is 87.7 Å². The molecule has 6 heteroatoms. The number of halogens is 4. The lowest BCUT2D eigenvalue weighted by Crippen LogP contribution is -2.28. The topological polar surface area (TPSA) is 9.23 Å². The third kappa shape index (κ3) is 7.41. The zero-order valence-electron chi connectivity index (χ0n) is 18.9. The van der Waals surface area contributed by atoms with E-state index in [0.29, 0.717) is 12.0 Å². The van der Waals surface area contributed by atoms with Crippen molar-refractivity contribution in [3.05, 3.63) is 28.5 Å². The van der Waals surface area contributed by atoms with Crippen LogP contribution in [0.2, 0.25) is 23.2 Å². The third-order valence-corrected chi connectivity index (χ3v) is 11.8. The Hall–Kier alpha value is -0.683. The summed E-state index contributed by atoms with van der Waals surface area (Å²) in [6, 6.07) is 7.75. The van der Waals surface area contributed by atoms with Crippen LogP contribution in [0.4, 0.5) is 13.2 Å². The Morgan fingerprint density at radius 3 is 2.35 bits per heavy atom. The molecule has 1 aromatic rings. The minimum atomic E-state index is -3.05. The minimum absolute atomic E-state index is 0.183. The Bertz CT molecular complexity index is 671. The Labute approximate surface area is 192 Å². The Kier molecular flexibility index (Phi) is 10.1. The number of rotatable bonds is 10. The highest BCUT2D eigenvalue weighted by atomic mass is 35.5. The van der Waals surface area contributed by atoms with Crippen molar-refractivity contribution in [2.75, 3.05) is 0 Å². The number of hydrogen-bond acceptors (Lipinski definition) is 1. The van der Waals surface area contributed by atoms with Gasteiger partial charge < -0.3 is 4.74 Å². The highest BCUT2D eigenvalue weighted by molar-refractivity contribution is 6.58. The zero-order valence-corrected chi connectivity index (χ0v) is 20.8. The molecule has 31 heavy (non-hydrogen) atoms. The molecule has 1 aliphatic heterocycles. The Morgan fingerprint density at radius 1 is 1.03 bits per heavy atom. The first kappa shape index (κ1) is 24.9. The number of aryl methyl sites for hydroxylation is 1. The second-order valence-corrected chi connectivity index (χ2v) is 13.7. The normalized spacial score (nSPS) is 26.9. The predicted octanol–water partition coefficient (Wildman–Crippen LogP) is 8.65. The largest absolute Gasteiger partial charge is 0.431 e. The van der Waals surface area contributed by atoms with Gasteiger partial charge in [-0.2, -0.15) is 8.78 Å². The summed E-state index contributed by atoms with van der Waals surface area (Å²) in [7, 11) is -0.376. The molecule has 1 heterocycles. The molecular formula is C25H38ClF3OSi. The van der Waals surface area contributed by atoms with Crippen molar-refractivity contribution in [1.29, 1.82) is 0 Å². The van der Waals surface area contributed by atoms with Crippen LogP contribution in [0.5, 0.6) is 5.75 Å². The molecule has 176 valence electrons. The molecule has 2 aliphatic rings. The number of alkyl halides is 2. The number of unbranched alkanes of at least 4 members (excludes halogenated alkanes) is 1. The van der Waals surface area contributed by atoms with Crippen molar-refractivity contribution in [3.63, 3.8) is 0 Å². The van der Waals surface area contributed by atoms with Crippen LogP contribution >= 0.6 is 11.6 Å². The molecule has 1 saturated heterocycles. The van der Waals surface area contributed by atoms with Crippen molar-refractivity contribution in [3.8, 4) is 5.75 Å². The van der Waals surface area contributed by atoms with Gasteiger partial charge >= 0.3 is 6.61 Å². The molecule has 1 saturated carbocycles. The van der Waals surface area contributed by atoms with Crippen LogP contribution in [0.15, 0.2) is 12.1 Å². The summed E-state index contributed by atoms with van der Waals surface area (Å²) in [6.07, 6.45) is 13.5. The first-order chi connectivity index (χ1) is 15.0. The van der Waals surface area contributed by atoms with Crippen molar-refractivity contribution in [2.45, 2.75) is 102 Å². The van der Waals surface area contributed by atoms with Crippen LogP contribution in [0.25, 0.3) is 0 Å². The summed E-state index contributed by atoms with van der Waals surface area (Å²) in [5.74, 6) is 1.47. The van der Waals surface area contributed by atoms with E-state index >= 15 is 0 Å². The minimum Gasteiger partial charge on any atom is -0.431 e. The average molecular weight is 475 g/mol. The molecule has 0 amide bonds. The quantitative estimate of drug-likeness (QED) is 0.243. The van der Waals surface area contributed by atoms with Crippen molar-refractivity contribution in [2.24, 2.45) is 17.8 Å². The van der Waals surface area contributed by atoms with Gasteiger partial charge in [0, 0.05) is 8.80 Å². The van der Waals surface area contributed by atoms with Gasteiger partial charge in [0.2, 0.25) is 0 Å². The molecule has 1 aromatic carbocycles. The molecule has 0 unspecified atom stereocenters. The lowest BCUT2D eigenvalue weighted by molar-refractivity contribution is -0.0528. The van der Waals surface area contributed by atoms with Crippen LogP contribution in [-0.4, -0.2) is 15.4 Å².